The first-order valence-corrected chi connectivity index (χ1v) is 7.92. The van der Waals surface area contributed by atoms with Crippen LogP contribution in [0.3, 0.4) is 0 Å². The van der Waals surface area contributed by atoms with Crippen LogP contribution < -0.4 is 4.67 Å². The normalized spacial score (nSPS) is 11.0. The lowest BCUT2D eigenvalue weighted by molar-refractivity contribution is -0.133. The second-order valence-corrected chi connectivity index (χ2v) is 6.57. The Bertz CT molecular complexity index is 565. The van der Waals surface area contributed by atoms with Crippen molar-refractivity contribution in [3.05, 3.63) is 41.1 Å². The summed E-state index contributed by atoms with van der Waals surface area (Å²) in [7, 11) is 3.12. The second-order valence-electron chi connectivity index (χ2n) is 3.10. The molecule has 0 aliphatic carbocycles. The van der Waals surface area contributed by atoms with Gasteiger partial charge in [0, 0.05) is 0 Å². The molecule has 7 heteroatoms. The Hall–Kier alpha value is -0.380. The smallest absolute Gasteiger partial charge is 0.313 e. The van der Waals surface area contributed by atoms with Crippen molar-refractivity contribution in [2.45, 2.75) is 4.21 Å². The predicted octanol–water partition coefficient (Wildman–Crippen LogP) is 3.84. The fourth-order valence-corrected chi connectivity index (χ4v) is 4.37. The van der Waals surface area contributed by atoms with Crippen LogP contribution in [-0.2, 0) is 4.79 Å². The Morgan fingerprint density at radius 3 is 2.67 bits per heavy atom. The molecular weight excluding hydrogens is 401 g/mol. The first kappa shape index (κ1) is 15.7. The number of rotatable bonds is 4. The number of carboxylic acid groups (broad SMARTS) is 1. The molecule has 1 aromatic carbocycles. The third-order valence-corrected chi connectivity index (χ3v) is 5.54. The number of thioether (sulfide) groups is 1. The highest BCUT2D eigenvalue weighted by Gasteiger charge is 2.01. The number of carbonyl (C=O) groups is 1. The highest BCUT2D eigenvalue weighted by Crippen LogP contribution is 2.24. The molecule has 0 bridgehead atoms. The number of para-hydroxylation sites is 1. The fourth-order valence-electron chi connectivity index (χ4n) is 1.11. The van der Waals surface area contributed by atoms with Gasteiger partial charge in [0.15, 0.2) is 0 Å². The summed E-state index contributed by atoms with van der Waals surface area (Å²) in [6, 6.07) is 11.6. The van der Waals surface area contributed by atoms with E-state index < -0.39 is 5.97 Å². The average Bonchev–Trinajstić information content (AvgIpc) is 2.75. The van der Waals surface area contributed by atoms with Crippen LogP contribution in [0.4, 0.5) is 5.69 Å². The number of hydrogen-bond donors (Lipinski definition) is 1. The largest absolute Gasteiger partial charge is 0.481 e. The molecule has 3 nitrogen and oxygen atoms in total. The molecule has 0 aliphatic rings. The van der Waals surface area contributed by atoms with Crippen molar-refractivity contribution >= 4 is 68.1 Å². The SMILES string of the molecule is I.O=C(O)CSc1cc(=Nc2ccccc2)ss1. The molecule has 0 unspecified atom stereocenters. The van der Waals surface area contributed by atoms with Gasteiger partial charge in [0.2, 0.25) is 0 Å². The molecule has 0 radical (unpaired) electrons. The summed E-state index contributed by atoms with van der Waals surface area (Å²) in [6.07, 6.45) is 0. The van der Waals surface area contributed by atoms with Crippen LogP contribution in [0, 0.1) is 0 Å². The number of hydrogen-bond acceptors (Lipinski definition) is 5. The van der Waals surface area contributed by atoms with Crippen molar-refractivity contribution in [3.8, 4) is 0 Å². The highest BCUT2D eigenvalue weighted by molar-refractivity contribution is 14.0. The van der Waals surface area contributed by atoms with E-state index >= 15 is 0 Å². The Balaban J connectivity index is 0.00000162. The van der Waals surface area contributed by atoms with E-state index in [4.69, 9.17) is 5.11 Å². The summed E-state index contributed by atoms with van der Waals surface area (Å²) >= 11 is 1.33. The van der Waals surface area contributed by atoms with Gasteiger partial charge in [-0.15, -0.1) is 35.7 Å². The van der Waals surface area contributed by atoms with Gasteiger partial charge in [-0.1, -0.05) is 38.9 Å². The molecule has 0 saturated carbocycles. The first-order valence-electron chi connectivity index (χ1n) is 4.78. The van der Waals surface area contributed by atoms with Crippen molar-refractivity contribution in [1.29, 1.82) is 0 Å². The molecule has 2 rings (SSSR count). The molecule has 0 atom stereocenters. The van der Waals surface area contributed by atoms with E-state index in [2.05, 4.69) is 4.99 Å². The number of halogens is 1. The van der Waals surface area contributed by atoms with E-state index in [1.807, 2.05) is 36.4 Å². The van der Waals surface area contributed by atoms with Gasteiger partial charge in [0.25, 0.3) is 0 Å². The van der Waals surface area contributed by atoms with Crippen LogP contribution >= 0.6 is 56.4 Å². The number of aliphatic carboxylic acids is 1. The van der Waals surface area contributed by atoms with Gasteiger partial charge in [-0.25, -0.2) is 4.99 Å². The van der Waals surface area contributed by atoms with Crippen molar-refractivity contribution < 1.29 is 9.90 Å². The lowest BCUT2D eigenvalue weighted by Gasteiger charge is -1.89. The summed E-state index contributed by atoms with van der Waals surface area (Å²) in [5.74, 6) is -0.701. The molecule has 1 heterocycles. The minimum Gasteiger partial charge on any atom is -0.481 e. The third-order valence-electron chi connectivity index (χ3n) is 1.78. The Kier molecular flexibility index (Phi) is 6.90. The van der Waals surface area contributed by atoms with Crippen LogP contribution in [0.1, 0.15) is 0 Å². The van der Waals surface area contributed by atoms with Crippen molar-refractivity contribution in [2.24, 2.45) is 4.99 Å². The first-order chi connectivity index (χ1) is 8.24. The summed E-state index contributed by atoms with van der Waals surface area (Å²) < 4.78 is 1.90. The molecule has 1 aromatic heterocycles. The Labute approximate surface area is 133 Å². The molecule has 0 spiro atoms. The summed E-state index contributed by atoms with van der Waals surface area (Å²) in [6.45, 7) is 0. The third kappa shape index (κ3) is 5.09. The standard InChI is InChI=1S/C11H9NO2S3.HI/c13-10(14)7-15-11-6-9(16-17-11)12-8-4-2-1-3-5-8;/h1-6H,7H2,(H,13,14);1H. The van der Waals surface area contributed by atoms with E-state index in [9.17, 15) is 4.79 Å². The zero-order chi connectivity index (χ0) is 12.1. The number of nitrogens with zero attached hydrogens (tertiary/aromatic N) is 1. The van der Waals surface area contributed by atoms with E-state index in [1.165, 1.54) is 11.8 Å². The molecule has 96 valence electrons. The number of benzene rings is 1. The molecule has 0 aliphatic heterocycles. The molecule has 0 saturated heterocycles. The van der Waals surface area contributed by atoms with E-state index in [-0.39, 0.29) is 29.7 Å². The van der Waals surface area contributed by atoms with Gasteiger partial charge >= 0.3 is 5.97 Å². The van der Waals surface area contributed by atoms with Crippen LogP contribution in [0.15, 0.2) is 45.6 Å². The van der Waals surface area contributed by atoms with Gasteiger partial charge < -0.3 is 5.11 Å². The van der Waals surface area contributed by atoms with E-state index in [0.29, 0.717) is 0 Å². The lowest BCUT2D eigenvalue weighted by atomic mass is 10.3. The van der Waals surface area contributed by atoms with Crippen LogP contribution in [0.25, 0.3) is 0 Å². The summed E-state index contributed by atoms with van der Waals surface area (Å²) in [4.78, 5) is 14.9. The van der Waals surface area contributed by atoms with Crippen LogP contribution in [0.5, 0.6) is 0 Å². The zero-order valence-corrected chi connectivity index (χ0v) is 13.9. The van der Waals surface area contributed by atoms with Gasteiger partial charge in [-0.05, 0) is 18.2 Å². The van der Waals surface area contributed by atoms with Gasteiger partial charge in [0.05, 0.1) is 15.6 Å². The molecule has 18 heavy (non-hydrogen) atoms. The maximum Gasteiger partial charge on any atom is 0.313 e. The molecule has 1 N–H and O–H groups in total. The van der Waals surface area contributed by atoms with E-state index in [0.717, 1.165) is 14.6 Å². The maximum absolute atomic E-state index is 10.4. The Morgan fingerprint density at radius 2 is 2.00 bits per heavy atom. The average molecular weight is 411 g/mol. The lowest BCUT2D eigenvalue weighted by Crippen LogP contribution is -1.97. The maximum atomic E-state index is 10.4. The fraction of sp³-hybridized carbons (Fsp3) is 0.0909. The van der Waals surface area contributed by atoms with Gasteiger partial charge in [-0.2, -0.15) is 0 Å². The molecule has 0 amide bonds. The minimum atomic E-state index is -0.796. The summed E-state index contributed by atoms with van der Waals surface area (Å²) in [5.41, 5.74) is 0.913. The molecule has 2 aromatic rings. The van der Waals surface area contributed by atoms with Crippen molar-refractivity contribution in [1.82, 2.24) is 0 Å². The van der Waals surface area contributed by atoms with Crippen LogP contribution in [-0.4, -0.2) is 16.8 Å². The Morgan fingerprint density at radius 1 is 1.28 bits per heavy atom. The highest BCUT2D eigenvalue weighted by atomic mass is 127. The predicted molar refractivity (Wildman–Crippen MR) is 87.6 cm³/mol. The van der Waals surface area contributed by atoms with Crippen molar-refractivity contribution in [2.75, 3.05) is 5.75 Å². The minimum absolute atomic E-state index is 0. The second kappa shape index (κ2) is 7.93. The molecular formula is C11H10INO2S3. The van der Waals surface area contributed by atoms with Crippen molar-refractivity contribution in [3.63, 3.8) is 0 Å². The number of carboxylic acids is 1. The van der Waals surface area contributed by atoms with Gasteiger partial charge in [-0.3, -0.25) is 4.79 Å². The zero-order valence-electron chi connectivity index (χ0n) is 9.11. The quantitative estimate of drug-likeness (QED) is 0.473. The van der Waals surface area contributed by atoms with Crippen LogP contribution in [0.2, 0.25) is 0 Å². The van der Waals surface area contributed by atoms with E-state index in [1.54, 1.807) is 20.7 Å². The molecule has 0 fully saturated rings. The summed E-state index contributed by atoms with van der Waals surface area (Å²) in [5, 5.41) is 8.58. The topological polar surface area (TPSA) is 49.7 Å². The monoisotopic (exact) mass is 411 g/mol. The van der Waals surface area contributed by atoms with Gasteiger partial charge in [0.1, 0.15) is 4.67 Å².